The van der Waals surface area contributed by atoms with Gasteiger partial charge in [-0.2, -0.15) is 0 Å². The molecule has 0 atom stereocenters. The van der Waals surface area contributed by atoms with Crippen LogP contribution in [0, 0.1) is 0 Å². The fraction of sp³-hybridized carbons (Fsp3) is 0.750. The van der Waals surface area contributed by atoms with Gasteiger partial charge in [0, 0.05) is 51.4 Å². The number of carbonyl (C=O) groups is 1. The van der Waals surface area contributed by atoms with Crippen LogP contribution in [0.1, 0.15) is 13.8 Å². The minimum atomic E-state index is -0.931. The molecular formula is C4H10BKNO2. The van der Waals surface area contributed by atoms with Gasteiger partial charge in [-0.05, 0) is 5.82 Å². The summed E-state index contributed by atoms with van der Waals surface area (Å²) in [4.78, 5) is 10.0. The molecule has 5 heteroatoms. The fourth-order valence-electron chi connectivity index (χ4n) is 0.285. The molecule has 0 aromatic carbocycles. The molecule has 3 N–H and O–H groups in total. The van der Waals surface area contributed by atoms with Crippen molar-refractivity contribution < 1.29 is 9.90 Å². The fourth-order valence-corrected chi connectivity index (χ4v) is 0.285. The Kier molecular flexibility index (Phi) is 8.35. The van der Waals surface area contributed by atoms with Gasteiger partial charge in [0.05, 0.1) is 0 Å². The summed E-state index contributed by atoms with van der Waals surface area (Å²) in [5, 5.41) is 8.23. The normalized spacial score (nSPS) is 8.44. The van der Waals surface area contributed by atoms with Crippen LogP contribution in [0.3, 0.4) is 0 Å². The van der Waals surface area contributed by atoms with E-state index in [2.05, 4.69) is 0 Å². The van der Waals surface area contributed by atoms with Crippen LogP contribution in [0.15, 0.2) is 0 Å². The SMILES string of the molecule is CC(C)B(N)C(=O)O.[K]. The van der Waals surface area contributed by atoms with Gasteiger partial charge in [-0.15, -0.1) is 0 Å². The van der Waals surface area contributed by atoms with Gasteiger partial charge in [0.15, 0.2) is 0 Å². The molecule has 47 valence electrons. The van der Waals surface area contributed by atoms with Crippen LogP contribution in [0.2, 0.25) is 5.82 Å². The van der Waals surface area contributed by atoms with Crippen molar-refractivity contribution in [3.63, 3.8) is 0 Å². The molecule has 0 unspecified atom stereocenters. The smallest absolute Gasteiger partial charge is 0.355 e. The minimum Gasteiger partial charge on any atom is -0.488 e. The zero-order chi connectivity index (χ0) is 6.73. The average molecular weight is 154 g/mol. The van der Waals surface area contributed by atoms with E-state index in [1.54, 1.807) is 13.8 Å². The largest absolute Gasteiger partial charge is 0.488 e. The van der Waals surface area contributed by atoms with Gasteiger partial charge in [0.25, 0.3) is 5.87 Å². The number of hydrogen-bond acceptors (Lipinski definition) is 2. The molecule has 0 bridgehead atoms. The summed E-state index contributed by atoms with van der Waals surface area (Å²) in [7, 11) is 0. The summed E-state index contributed by atoms with van der Waals surface area (Å²) < 4.78 is 0. The predicted molar refractivity (Wildman–Crippen MR) is 38.8 cm³/mol. The van der Waals surface area contributed by atoms with Gasteiger partial charge in [-0.3, -0.25) is 4.79 Å². The van der Waals surface area contributed by atoms with E-state index in [-0.39, 0.29) is 57.2 Å². The van der Waals surface area contributed by atoms with Crippen LogP contribution in [-0.4, -0.2) is 69.2 Å². The summed E-state index contributed by atoms with van der Waals surface area (Å²) >= 11 is 0. The van der Waals surface area contributed by atoms with Crippen LogP contribution in [-0.2, 0) is 0 Å². The molecule has 1 radical (unpaired) electrons. The van der Waals surface area contributed by atoms with E-state index in [0.29, 0.717) is 0 Å². The Morgan fingerprint density at radius 1 is 1.67 bits per heavy atom. The maximum Gasteiger partial charge on any atom is 0.355 e. The Labute approximate surface area is 97.9 Å². The third-order valence-electron chi connectivity index (χ3n) is 1.00. The van der Waals surface area contributed by atoms with Crippen molar-refractivity contribution in [1.29, 1.82) is 0 Å². The van der Waals surface area contributed by atoms with E-state index < -0.39 is 12.7 Å². The monoisotopic (exact) mass is 154 g/mol. The van der Waals surface area contributed by atoms with Crippen molar-refractivity contribution >= 4 is 64.1 Å². The van der Waals surface area contributed by atoms with Gasteiger partial charge < -0.3 is 10.8 Å². The molecule has 0 saturated carbocycles. The molecule has 0 aliphatic carbocycles. The van der Waals surface area contributed by atoms with Gasteiger partial charge in [0.2, 0.25) is 0 Å². The van der Waals surface area contributed by atoms with Crippen molar-refractivity contribution in [1.82, 2.24) is 0 Å². The van der Waals surface area contributed by atoms with Gasteiger partial charge in [-0.25, -0.2) is 0 Å². The molecule has 0 aliphatic heterocycles. The maximum absolute atomic E-state index is 10.0. The van der Waals surface area contributed by atoms with Crippen molar-refractivity contribution in [2.45, 2.75) is 19.7 Å². The van der Waals surface area contributed by atoms with E-state index in [9.17, 15) is 4.79 Å². The molecule has 0 spiro atoms. The molecule has 0 aliphatic rings. The van der Waals surface area contributed by atoms with Gasteiger partial charge in [0.1, 0.15) is 0 Å². The Morgan fingerprint density at radius 2 is 2.00 bits per heavy atom. The Morgan fingerprint density at radius 3 is 2.00 bits per heavy atom. The van der Waals surface area contributed by atoms with Crippen molar-refractivity contribution in [3.05, 3.63) is 0 Å². The summed E-state index contributed by atoms with van der Waals surface area (Å²) in [6, 6.07) is 0. The summed E-state index contributed by atoms with van der Waals surface area (Å²) in [5.74, 6) is -0.910. The number of nitrogens with two attached hydrogens (primary N) is 1. The van der Waals surface area contributed by atoms with Crippen LogP contribution in [0.5, 0.6) is 0 Å². The minimum absolute atomic E-state index is 0. The second kappa shape index (κ2) is 5.88. The van der Waals surface area contributed by atoms with Crippen LogP contribution < -0.4 is 5.64 Å². The van der Waals surface area contributed by atoms with Crippen molar-refractivity contribution in [2.24, 2.45) is 5.64 Å². The molecule has 0 aromatic heterocycles. The van der Waals surface area contributed by atoms with Crippen molar-refractivity contribution in [2.75, 3.05) is 0 Å². The molecule has 3 nitrogen and oxygen atoms in total. The van der Waals surface area contributed by atoms with E-state index in [0.717, 1.165) is 0 Å². The molecule has 9 heavy (non-hydrogen) atoms. The first kappa shape index (κ1) is 12.8. The standard InChI is InChI=1S/C4H10BNO2.K/c1-3(2)5(6)4(7)8;/h3H,6H2,1-2H3,(H,7,8);. The summed E-state index contributed by atoms with van der Waals surface area (Å²) in [6.07, 6.45) is 0. The van der Waals surface area contributed by atoms with Gasteiger partial charge >= 0.3 is 6.85 Å². The van der Waals surface area contributed by atoms with E-state index >= 15 is 0 Å². The topological polar surface area (TPSA) is 63.3 Å². The van der Waals surface area contributed by atoms with Crippen molar-refractivity contribution in [3.8, 4) is 0 Å². The average Bonchev–Trinajstić information content (AvgIpc) is 1.64. The third-order valence-corrected chi connectivity index (χ3v) is 1.00. The van der Waals surface area contributed by atoms with E-state index in [1.807, 2.05) is 0 Å². The van der Waals surface area contributed by atoms with Crippen LogP contribution in [0.25, 0.3) is 0 Å². The summed E-state index contributed by atoms with van der Waals surface area (Å²) in [5.41, 5.74) is 5.16. The van der Waals surface area contributed by atoms with Gasteiger partial charge in [-0.1, -0.05) is 13.8 Å². The molecule has 0 heterocycles. The molecule has 0 amide bonds. The molecular weight excluding hydrogens is 144 g/mol. The van der Waals surface area contributed by atoms with E-state index in [1.165, 1.54) is 0 Å². The molecule has 0 saturated heterocycles. The molecule has 0 fully saturated rings. The van der Waals surface area contributed by atoms with Crippen LogP contribution >= 0.6 is 0 Å². The number of hydrogen-bond donors (Lipinski definition) is 2. The second-order valence-corrected chi connectivity index (χ2v) is 2.11. The first-order chi connectivity index (χ1) is 3.55. The third kappa shape index (κ3) is 5.57. The Balaban J connectivity index is 0. The first-order valence-electron chi connectivity index (χ1n) is 2.54. The van der Waals surface area contributed by atoms with Crippen LogP contribution in [0.4, 0.5) is 4.79 Å². The Hall–Kier alpha value is 1.13. The zero-order valence-electron chi connectivity index (χ0n) is 6.09. The quantitative estimate of drug-likeness (QED) is 0.559. The number of carboxylic acid groups (broad SMARTS) is 1. The van der Waals surface area contributed by atoms with E-state index in [4.69, 9.17) is 10.8 Å². The second-order valence-electron chi connectivity index (χ2n) is 2.11. The Bertz CT molecular complexity index is 98.6. The zero-order valence-corrected chi connectivity index (χ0v) is 9.21. The predicted octanol–water partition coefficient (Wildman–Crippen LogP) is 0.226. The maximum atomic E-state index is 10.0. The molecule has 0 aromatic rings. The number of rotatable bonds is 2. The first-order valence-corrected chi connectivity index (χ1v) is 2.54. The summed E-state index contributed by atoms with van der Waals surface area (Å²) in [6.45, 7) is 2.84. The molecule has 0 rings (SSSR count).